The summed E-state index contributed by atoms with van der Waals surface area (Å²) in [5.74, 6) is 0.808. The number of hydrogen-bond acceptors (Lipinski definition) is 8. The Morgan fingerprint density at radius 1 is 1.30 bits per heavy atom. The average molecular weight is 460 g/mol. The maximum Gasteiger partial charge on any atom is 0.340 e. The average Bonchev–Trinajstić information content (AvgIpc) is 3.20. The van der Waals surface area contributed by atoms with Gasteiger partial charge in [0.15, 0.2) is 0 Å². The van der Waals surface area contributed by atoms with Gasteiger partial charge in [-0.3, -0.25) is 0 Å². The van der Waals surface area contributed by atoms with Crippen LogP contribution in [0.15, 0.2) is 40.7 Å². The lowest BCUT2D eigenvalue weighted by atomic mass is 10.1. The first kappa shape index (κ1) is 22.1. The van der Waals surface area contributed by atoms with Crippen molar-refractivity contribution in [3.63, 3.8) is 0 Å². The minimum atomic E-state index is -0.472. The van der Waals surface area contributed by atoms with E-state index in [4.69, 9.17) is 21.1 Å². The Balaban J connectivity index is 1.63. The first-order chi connectivity index (χ1) is 14.5. The molecule has 0 atom stereocenters. The van der Waals surface area contributed by atoms with E-state index in [1.54, 1.807) is 26.0 Å². The van der Waals surface area contributed by atoms with Crippen LogP contribution in [-0.4, -0.2) is 22.5 Å². The Hall–Kier alpha value is -2.60. The molecule has 2 heterocycles. The van der Waals surface area contributed by atoms with E-state index in [-0.39, 0.29) is 6.61 Å². The Kier molecular flexibility index (Phi) is 7.69. The van der Waals surface area contributed by atoms with Crippen LogP contribution < -0.4 is 4.74 Å². The van der Waals surface area contributed by atoms with Gasteiger partial charge in [0.05, 0.1) is 29.1 Å². The summed E-state index contributed by atoms with van der Waals surface area (Å²) in [5.41, 5.74) is 2.06. The Bertz CT molecular complexity index is 1080. The molecule has 6 nitrogen and oxygen atoms in total. The molecule has 0 aliphatic rings. The normalized spacial score (nSPS) is 10.5. The second-order valence-corrected chi connectivity index (χ2v) is 8.41. The molecule has 0 saturated heterocycles. The van der Waals surface area contributed by atoms with Crippen LogP contribution in [0.2, 0.25) is 5.02 Å². The summed E-state index contributed by atoms with van der Waals surface area (Å²) in [6.45, 7) is 4.10. The zero-order chi connectivity index (χ0) is 21.5. The number of nitrogens with zero attached hydrogens (tertiary/aromatic N) is 3. The molecule has 0 aliphatic heterocycles. The third kappa shape index (κ3) is 5.72. The third-order valence-corrected chi connectivity index (χ3v) is 6.07. The fourth-order valence-corrected chi connectivity index (χ4v) is 4.32. The van der Waals surface area contributed by atoms with Gasteiger partial charge in [-0.05, 0) is 44.2 Å². The van der Waals surface area contributed by atoms with Crippen molar-refractivity contribution in [1.82, 2.24) is 9.97 Å². The van der Waals surface area contributed by atoms with Gasteiger partial charge in [-0.25, -0.2) is 14.8 Å². The molecule has 0 radical (unpaired) electrons. The van der Waals surface area contributed by atoms with E-state index in [0.717, 1.165) is 16.5 Å². The summed E-state index contributed by atoms with van der Waals surface area (Å²) >= 11 is 8.79. The number of esters is 1. The summed E-state index contributed by atoms with van der Waals surface area (Å²) in [5, 5.41) is 13.5. The molecule has 9 heteroatoms. The molecule has 0 saturated carbocycles. The van der Waals surface area contributed by atoms with Crippen molar-refractivity contribution < 1.29 is 14.3 Å². The molecule has 3 rings (SSSR count). The number of ether oxygens (including phenoxy) is 2. The largest absolute Gasteiger partial charge is 0.486 e. The van der Waals surface area contributed by atoms with Crippen LogP contribution in [-0.2, 0) is 17.1 Å². The van der Waals surface area contributed by atoms with E-state index < -0.39 is 5.97 Å². The van der Waals surface area contributed by atoms with Gasteiger partial charge in [0, 0.05) is 16.2 Å². The molecular weight excluding hydrogens is 442 g/mol. The van der Waals surface area contributed by atoms with Gasteiger partial charge in [0.1, 0.15) is 28.5 Å². The quantitative estimate of drug-likeness (QED) is 0.328. The number of thioether (sulfide) groups is 1. The molecule has 0 aliphatic carbocycles. The van der Waals surface area contributed by atoms with Crippen LogP contribution in [0, 0.1) is 18.3 Å². The number of thiazole rings is 1. The van der Waals surface area contributed by atoms with Gasteiger partial charge in [0.2, 0.25) is 0 Å². The molecule has 0 fully saturated rings. The highest BCUT2D eigenvalue weighted by Crippen LogP contribution is 2.27. The number of hydrogen-bond donors (Lipinski definition) is 0. The van der Waals surface area contributed by atoms with Crippen LogP contribution in [0.3, 0.4) is 0 Å². The topological polar surface area (TPSA) is 85.1 Å². The summed E-state index contributed by atoms with van der Waals surface area (Å²) in [6.07, 6.45) is 0. The maximum absolute atomic E-state index is 12.0. The molecule has 0 bridgehead atoms. The number of benzene rings is 1. The zero-order valence-electron chi connectivity index (χ0n) is 16.3. The maximum atomic E-state index is 12.0. The van der Waals surface area contributed by atoms with Gasteiger partial charge in [-0.15, -0.1) is 11.3 Å². The third-order valence-electron chi connectivity index (χ3n) is 3.93. The van der Waals surface area contributed by atoms with E-state index >= 15 is 0 Å². The molecule has 2 aromatic heterocycles. The lowest BCUT2D eigenvalue weighted by Gasteiger charge is -2.08. The van der Waals surface area contributed by atoms with E-state index in [1.165, 1.54) is 29.2 Å². The Morgan fingerprint density at radius 3 is 2.77 bits per heavy atom. The number of aromatic nitrogens is 2. The SMILES string of the molecule is CCOC(=O)c1cc(C#N)c(SCc2csc(COc3ccc(Cl)cc3)n2)nc1C. The van der Waals surface area contributed by atoms with Gasteiger partial charge in [-0.2, -0.15) is 5.26 Å². The van der Waals surface area contributed by atoms with Crippen LogP contribution in [0.1, 0.15) is 39.2 Å². The van der Waals surface area contributed by atoms with E-state index in [0.29, 0.717) is 39.2 Å². The summed E-state index contributed by atoms with van der Waals surface area (Å²) < 4.78 is 10.7. The zero-order valence-corrected chi connectivity index (χ0v) is 18.7. The van der Waals surface area contributed by atoms with Gasteiger partial charge >= 0.3 is 5.97 Å². The second-order valence-electron chi connectivity index (χ2n) is 6.07. The van der Waals surface area contributed by atoms with Gasteiger partial charge < -0.3 is 9.47 Å². The van der Waals surface area contributed by atoms with Crippen LogP contribution >= 0.6 is 34.7 Å². The fraction of sp³-hybridized carbons (Fsp3) is 0.238. The van der Waals surface area contributed by atoms with Crippen LogP contribution in [0.25, 0.3) is 0 Å². The predicted octanol–water partition coefficient (Wildman–Crippen LogP) is 5.42. The number of carbonyl (C=O) groups excluding carboxylic acids is 1. The number of pyridine rings is 1. The summed E-state index contributed by atoms with van der Waals surface area (Å²) in [7, 11) is 0. The van der Waals surface area contributed by atoms with Crippen molar-refractivity contribution in [3.05, 3.63) is 68.3 Å². The van der Waals surface area contributed by atoms with Crippen molar-refractivity contribution in [2.75, 3.05) is 6.61 Å². The molecule has 30 heavy (non-hydrogen) atoms. The van der Waals surface area contributed by atoms with Crippen molar-refractivity contribution in [2.45, 2.75) is 31.2 Å². The molecule has 0 N–H and O–H groups in total. The fourth-order valence-electron chi connectivity index (χ4n) is 2.49. The minimum absolute atomic E-state index is 0.268. The molecule has 1 aromatic carbocycles. The Labute approximate surface area is 187 Å². The summed E-state index contributed by atoms with van der Waals surface area (Å²) in [4.78, 5) is 21.0. The molecule has 0 amide bonds. The van der Waals surface area contributed by atoms with E-state index in [1.807, 2.05) is 17.5 Å². The second kappa shape index (κ2) is 10.4. The van der Waals surface area contributed by atoms with E-state index in [9.17, 15) is 10.1 Å². The molecular formula is C21H18ClN3O3S2. The first-order valence-corrected chi connectivity index (χ1v) is 11.3. The minimum Gasteiger partial charge on any atom is -0.486 e. The molecule has 0 spiro atoms. The Morgan fingerprint density at radius 2 is 2.07 bits per heavy atom. The molecule has 3 aromatic rings. The van der Waals surface area contributed by atoms with Crippen LogP contribution in [0.4, 0.5) is 0 Å². The molecule has 154 valence electrons. The highest BCUT2D eigenvalue weighted by atomic mass is 35.5. The monoisotopic (exact) mass is 459 g/mol. The summed E-state index contributed by atoms with van der Waals surface area (Å²) in [6, 6.07) is 10.8. The van der Waals surface area contributed by atoms with Crippen molar-refractivity contribution in [3.8, 4) is 11.8 Å². The number of carbonyl (C=O) groups is 1. The highest BCUT2D eigenvalue weighted by Gasteiger charge is 2.16. The van der Waals surface area contributed by atoms with Crippen molar-refractivity contribution in [1.29, 1.82) is 5.26 Å². The highest BCUT2D eigenvalue weighted by molar-refractivity contribution is 7.98. The number of nitriles is 1. The number of halogens is 1. The molecule has 0 unspecified atom stereocenters. The lowest BCUT2D eigenvalue weighted by molar-refractivity contribution is 0.0524. The van der Waals surface area contributed by atoms with Crippen molar-refractivity contribution in [2.24, 2.45) is 0 Å². The van der Waals surface area contributed by atoms with Crippen LogP contribution in [0.5, 0.6) is 5.75 Å². The van der Waals surface area contributed by atoms with Gasteiger partial charge in [-0.1, -0.05) is 23.4 Å². The first-order valence-electron chi connectivity index (χ1n) is 9.03. The standard InChI is InChI=1S/C21H18ClN3O3S2/c1-3-27-21(26)18-8-14(9-23)20(24-13(18)2)30-12-16-11-29-19(25-16)10-28-17-6-4-15(22)5-7-17/h4-8,11H,3,10,12H2,1-2H3. The van der Waals surface area contributed by atoms with E-state index in [2.05, 4.69) is 16.0 Å². The van der Waals surface area contributed by atoms with Crippen molar-refractivity contribution >= 4 is 40.7 Å². The van der Waals surface area contributed by atoms with Gasteiger partial charge in [0.25, 0.3) is 0 Å². The smallest absolute Gasteiger partial charge is 0.340 e. The number of aryl methyl sites for hydroxylation is 1. The number of rotatable bonds is 8. The predicted molar refractivity (Wildman–Crippen MR) is 117 cm³/mol. The lowest BCUT2D eigenvalue weighted by Crippen LogP contribution is -2.09.